The van der Waals surface area contributed by atoms with Crippen molar-refractivity contribution in [3.05, 3.63) is 23.3 Å². The number of nitriles is 1. The zero-order valence-corrected chi connectivity index (χ0v) is 16.2. The van der Waals surface area contributed by atoms with Gasteiger partial charge < -0.3 is 14.2 Å². The number of amides is 1. The highest BCUT2D eigenvalue weighted by molar-refractivity contribution is 7.98. The predicted octanol–water partition coefficient (Wildman–Crippen LogP) is 2.83. The van der Waals surface area contributed by atoms with Crippen molar-refractivity contribution in [1.82, 2.24) is 9.36 Å². The monoisotopic (exact) mass is 392 g/mol. The van der Waals surface area contributed by atoms with Crippen molar-refractivity contribution in [2.24, 2.45) is 0 Å². The Morgan fingerprint density at radius 2 is 1.92 bits per heavy atom. The third-order valence-corrected chi connectivity index (χ3v) is 4.47. The molecule has 0 spiro atoms. The van der Waals surface area contributed by atoms with E-state index in [-0.39, 0.29) is 5.57 Å². The number of benzene rings is 1. The van der Waals surface area contributed by atoms with Gasteiger partial charge in [0, 0.05) is 11.5 Å². The Balaban J connectivity index is 2.32. The van der Waals surface area contributed by atoms with Crippen molar-refractivity contribution >= 4 is 40.4 Å². The maximum atomic E-state index is 12.3. The van der Waals surface area contributed by atoms with Crippen molar-refractivity contribution in [2.75, 3.05) is 32.9 Å². The quantitative estimate of drug-likeness (QED) is 0.435. The molecular formula is C16H16N4O4S2. The van der Waals surface area contributed by atoms with Gasteiger partial charge in [0.1, 0.15) is 11.6 Å². The first kappa shape index (κ1) is 19.6. The number of hydrogen-bond donors (Lipinski definition) is 1. The first-order valence-electron chi connectivity index (χ1n) is 7.17. The minimum absolute atomic E-state index is 0.0971. The largest absolute Gasteiger partial charge is 0.493 e. The summed E-state index contributed by atoms with van der Waals surface area (Å²) in [6.07, 6.45) is 3.26. The number of ether oxygens (including phenoxy) is 3. The van der Waals surface area contributed by atoms with Crippen LogP contribution in [0.25, 0.3) is 6.08 Å². The van der Waals surface area contributed by atoms with Crippen LogP contribution in [0, 0.1) is 11.3 Å². The Morgan fingerprint density at radius 1 is 1.27 bits per heavy atom. The maximum absolute atomic E-state index is 12.3. The smallest absolute Gasteiger partial charge is 0.268 e. The lowest BCUT2D eigenvalue weighted by Crippen LogP contribution is -2.13. The van der Waals surface area contributed by atoms with E-state index in [9.17, 15) is 10.1 Å². The molecule has 0 saturated carbocycles. The van der Waals surface area contributed by atoms with Gasteiger partial charge in [0.2, 0.25) is 16.0 Å². The first-order chi connectivity index (χ1) is 12.6. The predicted molar refractivity (Wildman–Crippen MR) is 100 cm³/mol. The summed E-state index contributed by atoms with van der Waals surface area (Å²) in [5.41, 5.74) is 0.452. The second-order valence-corrected chi connectivity index (χ2v) is 6.19. The molecule has 0 unspecified atom stereocenters. The Labute approximate surface area is 159 Å². The van der Waals surface area contributed by atoms with Crippen LogP contribution in [0.15, 0.2) is 22.9 Å². The van der Waals surface area contributed by atoms with Crippen molar-refractivity contribution in [1.29, 1.82) is 5.26 Å². The molecular weight excluding hydrogens is 376 g/mol. The molecule has 1 aromatic heterocycles. The Hall–Kier alpha value is -2.77. The third-order valence-electron chi connectivity index (χ3n) is 3.17. The molecule has 2 aromatic rings. The fraction of sp³-hybridized carbons (Fsp3) is 0.250. The van der Waals surface area contributed by atoms with E-state index in [2.05, 4.69) is 14.7 Å². The van der Waals surface area contributed by atoms with E-state index in [4.69, 9.17) is 14.2 Å². The van der Waals surface area contributed by atoms with E-state index in [1.165, 1.54) is 39.2 Å². The molecule has 1 aromatic carbocycles. The van der Waals surface area contributed by atoms with Gasteiger partial charge in [0.15, 0.2) is 11.5 Å². The highest BCUT2D eigenvalue weighted by atomic mass is 32.2. The fourth-order valence-corrected chi connectivity index (χ4v) is 3.13. The van der Waals surface area contributed by atoms with Gasteiger partial charge in [-0.15, -0.1) is 0 Å². The minimum Gasteiger partial charge on any atom is -0.493 e. The number of carbonyl (C=O) groups excluding carboxylic acids is 1. The fourth-order valence-electron chi connectivity index (χ4n) is 2.01. The van der Waals surface area contributed by atoms with E-state index in [0.717, 1.165) is 11.5 Å². The highest BCUT2D eigenvalue weighted by Crippen LogP contribution is 2.38. The standard InChI is InChI=1S/C16H16N4O4S2/c1-22-11-6-9(7-12(23-2)13(11)24-3)5-10(8-17)14(21)18-15-19-16(25-4)20-26-15/h5-7H,1-4H3,(H,18,19,20,21)/b10-5-. The number of aromatic nitrogens is 2. The molecule has 0 aliphatic rings. The van der Waals surface area contributed by atoms with Crippen LogP contribution in [0.3, 0.4) is 0 Å². The Kier molecular flexibility index (Phi) is 6.82. The summed E-state index contributed by atoms with van der Waals surface area (Å²) in [6.45, 7) is 0. The van der Waals surface area contributed by atoms with Gasteiger partial charge in [-0.3, -0.25) is 10.1 Å². The number of rotatable bonds is 7. The molecule has 26 heavy (non-hydrogen) atoms. The summed E-state index contributed by atoms with van der Waals surface area (Å²) in [7, 11) is 4.47. The van der Waals surface area contributed by atoms with Crippen LogP contribution in [0.1, 0.15) is 5.56 Å². The maximum Gasteiger partial charge on any atom is 0.268 e. The molecule has 1 heterocycles. The molecule has 0 fully saturated rings. The average Bonchev–Trinajstić information content (AvgIpc) is 3.12. The van der Waals surface area contributed by atoms with Crippen molar-refractivity contribution in [3.8, 4) is 23.3 Å². The summed E-state index contributed by atoms with van der Waals surface area (Å²) in [6, 6.07) is 5.17. The molecule has 136 valence electrons. The molecule has 0 atom stereocenters. The number of hydrogen-bond acceptors (Lipinski definition) is 9. The SMILES string of the molecule is COc1cc(/C=C(/C#N)C(=O)Nc2nc(SC)ns2)cc(OC)c1OC. The summed E-state index contributed by atoms with van der Waals surface area (Å²) in [4.78, 5) is 16.4. The summed E-state index contributed by atoms with van der Waals surface area (Å²) in [5.74, 6) is 0.688. The molecule has 0 saturated heterocycles. The van der Waals surface area contributed by atoms with E-state index >= 15 is 0 Å². The van der Waals surface area contributed by atoms with Crippen molar-refractivity contribution < 1.29 is 19.0 Å². The van der Waals surface area contributed by atoms with Crippen LogP contribution in [0.5, 0.6) is 17.2 Å². The van der Waals surface area contributed by atoms with Crippen LogP contribution in [0.2, 0.25) is 0 Å². The second kappa shape index (κ2) is 9.07. The average molecular weight is 392 g/mol. The minimum atomic E-state index is -0.579. The third kappa shape index (κ3) is 4.44. The molecule has 0 aliphatic carbocycles. The van der Waals surface area contributed by atoms with E-state index in [1.54, 1.807) is 12.1 Å². The van der Waals surface area contributed by atoms with Gasteiger partial charge in [-0.05, 0) is 30.0 Å². The normalized spacial score (nSPS) is 10.8. The van der Waals surface area contributed by atoms with Gasteiger partial charge in [0.05, 0.1) is 21.3 Å². The summed E-state index contributed by atoms with van der Waals surface area (Å²) >= 11 is 2.41. The lowest BCUT2D eigenvalue weighted by Gasteiger charge is -2.13. The molecule has 8 nitrogen and oxygen atoms in total. The van der Waals surface area contributed by atoms with Gasteiger partial charge in [-0.25, -0.2) is 0 Å². The molecule has 0 aliphatic heterocycles. The number of methoxy groups -OCH3 is 3. The lowest BCUT2D eigenvalue weighted by molar-refractivity contribution is -0.112. The zero-order chi connectivity index (χ0) is 19.1. The van der Waals surface area contributed by atoms with E-state index < -0.39 is 5.91 Å². The number of thioether (sulfide) groups is 1. The second-order valence-electron chi connectivity index (χ2n) is 4.67. The van der Waals surface area contributed by atoms with Crippen molar-refractivity contribution in [2.45, 2.75) is 5.16 Å². The van der Waals surface area contributed by atoms with Crippen LogP contribution in [-0.2, 0) is 4.79 Å². The number of nitrogens with one attached hydrogen (secondary N) is 1. The summed E-state index contributed by atoms with van der Waals surface area (Å²) in [5, 5.41) is 12.8. The van der Waals surface area contributed by atoms with Gasteiger partial charge in [-0.2, -0.15) is 14.6 Å². The number of nitrogens with zero attached hydrogens (tertiary/aromatic N) is 3. The Bertz CT molecular complexity index is 848. The van der Waals surface area contributed by atoms with Gasteiger partial charge in [-0.1, -0.05) is 11.8 Å². The topological polar surface area (TPSA) is 106 Å². The molecule has 10 heteroatoms. The van der Waals surface area contributed by atoms with Gasteiger partial charge in [0.25, 0.3) is 5.91 Å². The molecule has 0 radical (unpaired) electrons. The highest BCUT2D eigenvalue weighted by Gasteiger charge is 2.16. The molecule has 1 amide bonds. The molecule has 1 N–H and O–H groups in total. The number of anilines is 1. The first-order valence-corrected chi connectivity index (χ1v) is 9.16. The molecule has 0 bridgehead atoms. The van der Waals surface area contributed by atoms with Crippen LogP contribution < -0.4 is 19.5 Å². The van der Waals surface area contributed by atoms with Crippen molar-refractivity contribution in [3.63, 3.8) is 0 Å². The van der Waals surface area contributed by atoms with E-state index in [1.807, 2.05) is 12.3 Å². The molecule has 2 rings (SSSR count). The summed E-state index contributed by atoms with van der Waals surface area (Å²) < 4.78 is 19.8. The van der Waals surface area contributed by atoms with Crippen LogP contribution >= 0.6 is 23.3 Å². The Morgan fingerprint density at radius 3 is 2.38 bits per heavy atom. The van der Waals surface area contributed by atoms with Crippen LogP contribution in [0.4, 0.5) is 5.13 Å². The van der Waals surface area contributed by atoms with Gasteiger partial charge >= 0.3 is 0 Å². The zero-order valence-electron chi connectivity index (χ0n) is 14.5. The number of carbonyl (C=O) groups is 1. The van der Waals surface area contributed by atoms with E-state index in [0.29, 0.717) is 33.1 Å². The lowest BCUT2D eigenvalue weighted by atomic mass is 10.1. The van der Waals surface area contributed by atoms with Crippen LogP contribution in [-0.4, -0.2) is 42.8 Å².